The molecule has 0 aliphatic carbocycles. The first kappa shape index (κ1) is 16.7. The first-order valence-corrected chi connectivity index (χ1v) is 7.78. The lowest BCUT2D eigenvalue weighted by molar-refractivity contribution is 0.0469. The van der Waals surface area contributed by atoms with Crippen molar-refractivity contribution in [3.63, 3.8) is 0 Å². The number of rotatable bonds is 4. The zero-order chi connectivity index (χ0) is 17.8. The van der Waals surface area contributed by atoms with Gasteiger partial charge in [-0.15, -0.1) is 0 Å². The molecule has 6 nitrogen and oxygen atoms in total. The highest BCUT2D eigenvalue weighted by atomic mass is 35.5. The molecule has 0 spiro atoms. The molecule has 3 rings (SSSR count). The van der Waals surface area contributed by atoms with Gasteiger partial charge in [0.05, 0.1) is 0 Å². The third kappa shape index (κ3) is 3.70. The summed E-state index contributed by atoms with van der Waals surface area (Å²) in [5.41, 5.74) is 0.455. The minimum absolute atomic E-state index is 0.0553. The number of hydrogen-bond acceptors (Lipinski definition) is 5. The number of esters is 1. The van der Waals surface area contributed by atoms with Gasteiger partial charge in [-0.05, 0) is 17.7 Å². The highest BCUT2D eigenvalue weighted by Gasteiger charge is 2.17. The second-order valence-corrected chi connectivity index (χ2v) is 5.68. The van der Waals surface area contributed by atoms with E-state index in [4.69, 9.17) is 22.2 Å². The van der Waals surface area contributed by atoms with Crippen molar-refractivity contribution in [1.82, 2.24) is 9.66 Å². The van der Waals surface area contributed by atoms with Gasteiger partial charge >= 0.3 is 5.97 Å². The van der Waals surface area contributed by atoms with Gasteiger partial charge in [-0.2, -0.15) is 0 Å². The molecule has 0 fully saturated rings. The lowest BCUT2D eigenvalue weighted by atomic mass is 10.2. The summed E-state index contributed by atoms with van der Waals surface area (Å²) in [5.74, 6) is 5.22. The molecule has 126 valence electrons. The maximum absolute atomic E-state index is 12.4. The lowest BCUT2D eigenvalue weighted by Crippen LogP contribution is -2.34. The van der Waals surface area contributed by atoms with Crippen LogP contribution in [0.15, 0.2) is 65.6 Å². The SMILES string of the molecule is Nn1c(-c2cccc(Cl)c2)ncc(C(=O)OCc2ccccc2)c1=O. The van der Waals surface area contributed by atoms with Gasteiger partial charge in [0.25, 0.3) is 5.56 Å². The molecule has 0 saturated carbocycles. The van der Waals surface area contributed by atoms with E-state index >= 15 is 0 Å². The van der Waals surface area contributed by atoms with Crippen LogP contribution in [0.5, 0.6) is 0 Å². The van der Waals surface area contributed by atoms with Crippen LogP contribution in [0, 0.1) is 0 Å². The van der Waals surface area contributed by atoms with Crippen molar-refractivity contribution in [3.8, 4) is 11.4 Å². The van der Waals surface area contributed by atoms with E-state index in [1.165, 1.54) is 0 Å². The van der Waals surface area contributed by atoms with Crippen molar-refractivity contribution in [1.29, 1.82) is 0 Å². The molecule has 3 aromatic rings. The second kappa shape index (κ2) is 7.19. The zero-order valence-corrected chi connectivity index (χ0v) is 13.8. The van der Waals surface area contributed by atoms with Crippen LogP contribution in [-0.2, 0) is 11.3 Å². The van der Waals surface area contributed by atoms with Crippen LogP contribution in [-0.4, -0.2) is 15.6 Å². The minimum Gasteiger partial charge on any atom is -0.457 e. The average molecular weight is 356 g/mol. The Morgan fingerprint density at radius 1 is 1.16 bits per heavy atom. The fraction of sp³-hybridized carbons (Fsp3) is 0.0556. The summed E-state index contributed by atoms with van der Waals surface area (Å²) in [7, 11) is 0. The van der Waals surface area contributed by atoms with E-state index in [2.05, 4.69) is 4.98 Å². The summed E-state index contributed by atoms with van der Waals surface area (Å²) >= 11 is 5.94. The van der Waals surface area contributed by atoms with E-state index in [1.54, 1.807) is 24.3 Å². The summed E-state index contributed by atoms with van der Waals surface area (Å²) in [6.07, 6.45) is 1.16. The van der Waals surface area contributed by atoms with E-state index in [-0.39, 0.29) is 18.0 Å². The third-order valence-corrected chi connectivity index (χ3v) is 3.74. The molecule has 2 aromatic carbocycles. The number of carbonyl (C=O) groups excluding carboxylic acids is 1. The molecular weight excluding hydrogens is 342 g/mol. The fourth-order valence-corrected chi connectivity index (χ4v) is 2.44. The van der Waals surface area contributed by atoms with Crippen molar-refractivity contribution in [2.24, 2.45) is 0 Å². The monoisotopic (exact) mass is 355 g/mol. The molecule has 0 atom stereocenters. The zero-order valence-electron chi connectivity index (χ0n) is 13.1. The normalized spacial score (nSPS) is 10.4. The molecule has 0 aliphatic heterocycles. The standard InChI is InChI=1S/C18H14ClN3O3/c19-14-8-4-7-13(9-14)16-21-10-15(17(23)22(16)20)18(24)25-11-12-5-2-1-3-6-12/h1-10H,11,20H2. The molecule has 1 heterocycles. The van der Waals surface area contributed by atoms with Crippen LogP contribution in [0.2, 0.25) is 5.02 Å². The molecule has 0 aliphatic rings. The Kier molecular flexibility index (Phi) is 4.81. The molecule has 7 heteroatoms. The van der Waals surface area contributed by atoms with E-state index in [0.29, 0.717) is 10.6 Å². The number of nitrogen functional groups attached to an aromatic ring is 1. The summed E-state index contributed by atoms with van der Waals surface area (Å²) in [6.45, 7) is 0.0553. The maximum Gasteiger partial charge on any atom is 0.345 e. The Balaban J connectivity index is 1.85. The highest BCUT2D eigenvalue weighted by molar-refractivity contribution is 6.30. The average Bonchev–Trinajstić information content (AvgIpc) is 2.63. The van der Waals surface area contributed by atoms with Gasteiger partial charge in [0.15, 0.2) is 5.82 Å². The van der Waals surface area contributed by atoms with Crippen molar-refractivity contribution in [3.05, 3.63) is 87.3 Å². The van der Waals surface area contributed by atoms with Crippen LogP contribution < -0.4 is 11.4 Å². The largest absolute Gasteiger partial charge is 0.457 e. The first-order valence-electron chi connectivity index (χ1n) is 7.40. The van der Waals surface area contributed by atoms with Crippen molar-refractivity contribution in [2.45, 2.75) is 6.61 Å². The van der Waals surface area contributed by atoms with E-state index in [0.717, 1.165) is 16.4 Å². The van der Waals surface area contributed by atoms with Gasteiger partial charge in [-0.25, -0.2) is 14.5 Å². The summed E-state index contributed by atoms with van der Waals surface area (Å²) < 4.78 is 5.96. The summed E-state index contributed by atoms with van der Waals surface area (Å²) in [6, 6.07) is 15.9. The fourth-order valence-electron chi connectivity index (χ4n) is 2.25. The molecule has 25 heavy (non-hydrogen) atoms. The molecule has 0 bridgehead atoms. The third-order valence-electron chi connectivity index (χ3n) is 3.51. The molecule has 0 saturated heterocycles. The highest BCUT2D eigenvalue weighted by Crippen LogP contribution is 2.19. The van der Waals surface area contributed by atoms with E-state index in [9.17, 15) is 9.59 Å². The minimum atomic E-state index is -0.779. The number of carbonyl (C=O) groups is 1. The molecule has 0 unspecified atom stereocenters. The van der Waals surface area contributed by atoms with Gasteiger partial charge in [0.2, 0.25) is 0 Å². The van der Waals surface area contributed by atoms with E-state index in [1.807, 2.05) is 30.3 Å². The van der Waals surface area contributed by atoms with Crippen LogP contribution in [0.3, 0.4) is 0 Å². The predicted octanol–water partition coefficient (Wildman–Crippen LogP) is 2.63. The first-order chi connectivity index (χ1) is 12.1. The van der Waals surface area contributed by atoms with Crippen molar-refractivity contribution in [2.75, 3.05) is 5.84 Å². The number of aromatic nitrogens is 2. The lowest BCUT2D eigenvalue weighted by Gasteiger charge is -2.09. The van der Waals surface area contributed by atoms with Gasteiger partial charge in [0, 0.05) is 16.8 Å². The number of ether oxygens (including phenoxy) is 1. The molecule has 0 amide bonds. The Morgan fingerprint density at radius 2 is 1.92 bits per heavy atom. The number of hydrogen-bond donors (Lipinski definition) is 1. The Labute approximate surface area is 148 Å². The predicted molar refractivity (Wildman–Crippen MR) is 94.7 cm³/mol. The quantitative estimate of drug-likeness (QED) is 0.574. The smallest absolute Gasteiger partial charge is 0.345 e. The van der Waals surface area contributed by atoms with Gasteiger partial charge in [-0.3, -0.25) is 4.79 Å². The van der Waals surface area contributed by atoms with Gasteiger partial charge < -0.3 is 10.6 Å². The van der Waals surface area contributed by atoms with E-state index < -0.39 is 11.5 Å². The van der Waals surface area contributed by atoms with Gasteiger partial charge in [-0.1, -0.05) is 54.1 Å². The second-order valence-electron chi connectivity index (χ2n) is 5.24. The number of halogens is 1. The summed E-state index contributed by atoms with van der Waals surface area (Å²) in [4.78, 5) is 28.6. The van der Waals surface area contributed by atoms with Crippen LogP contribution in [0.1, 0.15) is 15.9 Å². The maximum atomic E-state index is 12.4. The van der Waals surface area contributed by atoms with Crippen LogP contribution >= 0.6 is 11.6 Å². The number of nitrogens with two attached hydrogens (primary N) is 1. The van der Waals surface area contributed by atoms with Crippen LogP contribution in [0.25, 0.3) is 11.4 Å². The Hall–Kier alpha value is -3.12. The molecule has 0 radical (unpaired) electrons. The topological polar surface area (TPSA) is 87.2 Å². The summed E-state index contributed by atoms with van der Waals surface area (Å²) in [5, 5.41) is 0.484. The Bertz CT molecular complexity index is 971. The Morgan fingerprint density at radius 3 is 2.64 bits per heavy atom. The van der Waals surface area contributed by atoms with Crippen molar-refractivity contribution >= 4 is 17.6 Å². The van der Waals surface area contributed by atoms with Crippen LogP contribution in [0.4, 0.5) is 0 Å². The molecule has 2 N–H and O–H groups in total. The molecule has 1 aromatic heterocycles. The number of benzene rings is 2. The number of nitrogens with zero attached hydrogens (tertiary/aromatic N) is 2. The van der Waals surface area contributed by atoms with Gasteiger partial charge in [0.1, 0.15) is 12.2 Å². The van der Waals surface area contributed by atoms with Crippen molar-refractivity contribution < 1.29 is 9.53 Å². The molecular formula is C18H14ClN3O3.